The van der Waals surface area contributed by atoms with Crippen LogP contribution in [0.15, 0.2) is 47.4 Å². The van der Waals surface area contributed by atoms with Gasteiger partial charge >= 0.3 is 0 Å². The van der Waals surface area contributed by atoms with Gasteiger partial charge in [0.25, 0.3) is 20.9 Å². The minimum absolute atomic E-state index is 0.00547. The van der Waals surface area contributed by atoms with Gasteiger partial charge in [0, 0.05) is 16.7 Å². The fraction of sp³-hybridized carbons (Fsp3) is 0.176. The standard InChI is InChI=1S/C17H14ClNO5S/c1-2-9-24-14-10-11(7-8-15(14)25(18,22)23)19-16(20)12-5-3-4-6-13(12)17(19)21/h3-8,10H,2,9H2,1H3. The summed E-state index contributed by atoms with van der Waals surface area (Å²) in [4.78, 5) is 25.9. The van der Waals surface area contributed by atoms with Crippen LogP contribution < -0.4 is 9.64 Å². The van der Waals surface area contributed by atoms with E-state index in [0.717, 1.165) is 4.90 Å². The number of benzene rings is 2. The summed E-state index contributed by atoms with van der Waals surface area (Å²) in [5, 5.41) is 0. The summed E-state index contributed by atoms with van der Waals surface area (Å²) < 4.78 is 28.8. The van der Waals surface area contributed by atoms with Crippen molar-refractivity contribution in [3.8, 4) is 5.75 Å². The van der Waals surface area contributed by atoms with Gasteiger partial charge in [-0.25, -0.2) is 13.3 Å². The van der Waals surface area contributed by atoms with Gasteiger partial charge in [-0.15, -0.1) is 0 Å². The Morgan fingerprint density at radius 1 is 1.04 bits per heavy atom. The smallest absolute Gasteiger partial charge is 0.266 e. The summed E-state index contributed by atoms with van der Waals surface area (Å²) in [5.74, 6) is -0.932. The van der Waals surface area contributed by atoms with Crippen molar-refractivity contribution in [2.45, 2.75) is 18.2 Å². The summed E-state index contributed by atoms with van der Waals surface area (Å²) in [5.41, 5.74) is 0.830. The van der Waals surface area contributed by atoms with Crippen LogP contribution in [0.1, 0.15) is 34.1 Å². The van der Waals surface area contributed by atoms with Crippen LogP contribution in [0.2, 0.25) is 0 Å². The third-order valence-electron chi connectivity index (χ3n) is 3.70. The van der Waals surface area contributed by atoms with Crippen molar-refractivity contribution >= 4 is 37.2 Å². The molecule has 0 saturated heterocycles. The number of carbonyl (C=O) groups excluding carboxylic acids is 2. The molecule has 0 atom stereocenters. The predicted octanol–water partition coefficient (Wildman–Crippen LogP) is 3.20. The molecular weight excluding hydrogens is 366 g/mol. The molecule has 130 valence electrons. The monoisotopic (exact) mass is 379 g/mol. The van der Waals surface area contributed by atoms with Crippen molar-refractivity contribution < 1.29 is 22.7 Å². The van der Waals surface area contributed by atoms with E-state index in [1.165, 1.54) is 18.2 Å². The highest BCUT2D eigenvalue weighted by atomic mass is 35.7. The number of fused-ring (bicyclic) bond motifs is 1. The Morgan fingerprint density at radius 2 is 1.64 bits per heavy atom. The predicted molar refractivity (Wildman–Crippen MR) is 92.8 cm³/mol. The van der Waals surface area contributed by atoms with Gasteiger partial charge in [-0.1, -0.05) is 19.1 Å². The molecule has 0 bridgehead atoms. The minimum atomic E-state index is -4.03. The van der Waals surface area contributed by atoms with E-state index in [9.17, 15) is 18.0 Å². The second-order valence-electron chi connectivity index (χ2n) is 5.41. The average molecular weight is 380 g/mol. The largest absolute Gasteiger partial charge is 0.492 e. The van der Waals surface area contributed by atoms with Gasteiger partial charge in [0.1, 0.15) is 10.6 Å². The van der Waals surface area contributed by atoms with Gasteiger partial charge in [0.2, 0.25) is 0 Å². The number of anilines is 1. The van der Waals surface area contributed by atoms with Crippen molar-refractivity contribution in [3.63, 3.8) is 0 Å². The van der Waals surface area contributed by atoms with Crippen LogP contribution in [0.4, 0.5) is 5.69 Å². The van der Waals surface area contributed by atoms with Crippen LogP contribution >= 0.6 is 10.7 Å². The van der Waals surface area contributed by atoms with Crippen LogP contribution in [-0.2, 0) is 9.05 Å². The van der Waals surface area contributed by atoms with Gasteiger partial charge in [0.05, 0.1) is 23.4 Å². The summed E-state index contributed by atoms with van der Waals surface area (Å²) in [7, 11) is 1.40. The van der Waals surface area contributed by atoms with Gasteiger partial charge in [-0.05, 0) is 30.7 Å². The van der Waals surface area contributed by atoms with E-state index in [1.807, 2.05) is 6.92 Å². The molecule has 6 nitrogen and oxygen atoms in total. The number of amides is 2. The molecule has 0 radical (unpaired) electrons. The highest BCUT2D eigenvalue weighted by molar-refractivity contribution is 8.13. The lowest BCUT2D eigenvalue weighted by molar-refractivity contribution is 0.0926. The second-order valence-corrected chi connectivity index (χ2v) is 7.94. The van der Waals surface area contributed by atoms with Crippen molar-refractivity contribution in [1.82, 2.24) is 0 Å². The van der Waals surface area contributed by atoms with Crippen molar-refractivity contribution in [3.05, 3.63) is 53.6 Å². The number of carbonyl (C=O) groups is 2. The molecular formula is C17H14ClNO5S. The molecule has 0 saturated carbocycles. The summed E-state index contributed by atoms with van der Waals surface area (Å²) in [6, 6.07) is 10.4. The Kier molecular flexibility index (Phi) is 4.53. The van der Waals surface area contributed by atoms with E-state index in [-0.39, 0.29) is 22.9 Å². The number of hydrogen-bond acceptors (Lipinski definition) is 5. The van der Waals surface area contributed by atoms with E-state index >= 15 is 0 Å². The molecule has 0 aliphatic carbocycles. The van der Waals surface area contributed by atoms with Crippen LogP contribution in [0.3, 0.4) is 0 Å². The van der Waals surface area contributed by atoms with Gasteiger partial charge < -0.3 is 4.74 Å². The Bertz CT molecular complexity index is 936. The molecule has 0 spiro atoms. The average Bonchev–Trinajstić information content (AvgIpc) is 2.83. The zero-order valence-corrected chi connectivity index (χ0v) is 14.8. The Morgan fingerprint density at radius 3 is 2.16 bits per heavy atom. The first kappa shape index (κ1) is 17.4. The summed E-state index contributed by atoms with van der Waals surface area (Å²) >= 11 is 0. The minimum Gasteiger partial charge on any atom is -0.492 e. The first-order valence-electron chi connectivity index (χ1n) is 7.54. The van der Waals surface area contributed by atoms with Crippen molar-refractivity contribution in [2.24, 2.45) is 0 Å². The van der Waals surface area contributed by atoms with Crippen LogP contribution in [0, 0.1) is 0 Å². The highest BCUT2D eigenvalue weighted by Gasteiger charge is 2.36. The number of hydrogen-bond donors (Lipinski definition) is 0. The first-order valence-corrected chi connectivity index (χ1v) is 9.85. The first-order chi connectivity index (χ1) is 11.8. The zero-order valence-electron chi connectivity index (χ0n) is 13.2. The lowest BCUT2D eigenvalue weighted by atomic mass is 10.1. The molecule has 0 unspecified atom stereocenters. The van der Waals surface area contributed by atoms with E-state index in [4.69, 9.17) is 15.4 Å². The van der Waals surface area contributed by atoms with Crippen molar-refractivity contribution in [2.75, 3.05) is 11.5 Å². The molecule has 1 aliphatic heterocycles. The van der Waals surface area contributed by atoms with Crippen LogP contribution in [-0.4, -0.2) is 26.8 Å². The number of rotatable bonds is 5. The maximum atomic E-state index is 12.5. The fourth-order valence-electron chi connectivity index (χ4n) is 2.59. The summed E-state index contributed by atoms with van der Waals surface area (Å²) in [6.45, 7) is 2.13. The van der Waals surface area contributed by atoms with Crippen molar-refractivity contribution in [1.29, 1.82) is 0 Å². The molecule has 2 aromatic rings. The molecule has 0 fully saturated rings. The molecule has 2 amide bonds. The quantitative estimate of drug-likeness (QED) is 0.588. The SMILES string of the molecule is CCCOc1cc(N2C(=O)c3ccccc3C2=O)ccc1S(=O)(=O)Cl. The third-order valence-corrected chi connectivity index (χ3v) is 5.07. The van der Waals surface area contributed by atoms with Crippen LogP contribution in [0.5, 0.6) is 5.75 Å². The molecule has 8 heteroatoms. The van der Waals surface area contributed by atoms with Gasteiger partial charge in [-0.3, -0.25) is 9.59 Å². The topological polar surface area (TPSA) is 80.8 Å². The maximum absolute atomic E-state index is 12.5. The highest BCUT2D eigenvalue weighted by Crippen LogP contribution is 2.35. The van der Waals surface area contributed by atoms with E-state index in [0.29, 0.717) is 17.5 Å². The van der Waals surface area contributed by atoms with Gasteiger partial charge in [0.15, 0.2) is 0 Å². The molecule has 0 N–H and O–H groups in total. The lowest BCUT2D eigenvalue weighted by Gasteiger charge is -2.17. The van der Waals surface area contributed by atoms with Gasteiger partial charge in [-0.2, -0.15) is 0 Å². The molecule has 2 aromatic carbocycles. The van der Waals surface area contributed by atoms with E-state index in [1.54, 1.807) is 24.3 Å². The molecule has 25 heavy (non-hydrogen) atoms. The number of nitrogens with zero attached hydrogens (tertiary/aromatic N) is 1. The fourth-order valence-corrected chi connectivity index (χ4v) is 3.56. The lowest BCUT2D eigenvalue weighted by Crippen LogP contribution is -2.29. The second kappa shape index (κ2) is 6.50. The number of halogens is 1. The molecule has 1 heterocycles. The Balaban J connectivity index is 2.07. The number of ether oxygens (including phenoxy) is 1. The van der Waals surface area contributed by atoms with Crippen LogP contribution in [0.25, 0.3) is 0 Å². The summed E-state index contributed by atoms with van der Waals surface area (Å²) in [6.07, 6.45) is 0.652. The third kappa shape index (κ3) is 3.12. The Hall–Kier alpha value is -2.38. The normalized spacial score (nSPS) is 13.9. The molecule has 3 rings (SSSR count). The maximum Gasteiger partial charge on any atom is 0.266 e. The van der Waals surface area contributed by atoms with E-state index in [2.05, 4.69) is 0 Å². The number of imide groups is 1. The molecule has 1 aliphatic rings. The Labute approximate surface area is 149 Å². The zero-order chi connectivity index (χ0) is 18.2. The molecule has 0 aromatic heterocycles. The van der Waals surface area contributed by atoms with E-state index < -0.39 is 20.9 Å².